The summed E-state index contributed by atoms with van der Waals surface area (Å²) in [6, 6.07) is 0. The molecule has 2 aliphatic rings. The van der Waals surface area contributed by atoms with E-state index in [-0.39, 0.29) is 18.3 Å². The van der Waals surface area contributed by atoms with Crippen molar-refractivity contribution in [2.45, 2.75) is 19.4 Å². The molecule has 1 aromatic rings. The topological polar surface area (TPSA) is 73.0 Å². The highest BCUT2D eigenvalue weighted by Crippen LogP contribution is 2.16. The molecule has 1 unspecified atom stereocenters. The number of halogens is 1. The molecule has 3 rings (SSSR count). The van der Waals surface area contributed by atoms with Crippen molar-refractivity contribution in [3.8, 4) is 0 Å². The summed E-state index contributed by atoms with van der Waals surface area (Å²) < 4.78 is 0. The van der Waals surface area contributed by atoms with Gasteiger partial charge in [0.25, 0.3) is 5.91 Å². The van der Waals surface area contributed by atoms with E-state index < -0.39 is 0 Å². The predicted molar refractivity (Wildman–Crippen MR) is 79.2 cm³/mol. The molecule has 0 bridgehead atoms. The van der Waals surface area contributed by atoms with Gasteiger partial charge in [-0.05, 0) is 25.9 Å². The molecule has 1 saturated heterocycles. The summed E-state index contributed by atoms with van der Waals surface area (Å²) in [6.07, 6.45) is 2.08. The SMILES string of the molecule is CN1CCC(CNC(=O)c2n[nH]c3c2CNCC3)C1.Cl. The second-order valence-electron chi connectivity index (χ2n) is 5.58. The monoisotopic (exact) mass is 299 g/mol. The Bertz CT molecular complexity index is 475. The van der Waals surface area contributed by atoms with Gasteiger partial charge in [-0.15, -0.1) is 12.4 Å². The van der Waals surface area contributed by atoms with Crippen LogP contribution >= 0.6 is 12.4 Å². The molecule has 0 saturated carbocycles. The lowest BCUT2D eigenvalue weighted by atomic mass is 10.1. The van der Waals surface area contributed by atoms with Gasteiger partial charge in [0.1, 0.15) is 0 Å². The molecule has 0 radical (unpaired) electrons. The molecule has 1 aromatic heterocycles. The first kappa shape index (κ1) is 15.3. The first-order valence-corrected chi connectivity index (χ1v) is 6.97. The number of nitrogens with one attached hydrogen (secondary N) is 3. The largest absolute Gasteiger partial charge is 0.350 e. The fourth-order valence-corrected chi connectivity index (χ4v) is 2.93. The number of likely N-dealkylation sites (tertiary alicyclic amines) is 1. The van der Waals surface area contributed by atoms with Gasteiger partial charge < -0.3 is 15.5 Å². The van der Waals surface area contributed by atoms with Crippen LogP contribution in [0.4, 0.5) is 0 Å². The normalized spacial score (nSPS) is 22.1. The Morgan fingerprint density at radius 1 is 1.55 bits per heavy atom. The molecule has 7 heteroatoms. The van der Waals surface area contributed by atoms with Gasteiger partial charge in [0, 0.05) is 43.9 Å². The molecular weight excluding hydrogens is 278 g/mol. The minimum Gasteiger partial charge on any atom is -0.350 e. The highest BCUT2D eigenvalue weighted by atomic mass is 35.5. The molecule has 20 heavy (non-hydrogen) atoms. The summed E-state index contributed by atoms with van der Waals surface area (Å²) in [6.45, 7) is 4.63. The van der Waals surface area contributed by atoms with E-state index in [9.17, 15) is 4.79 Å². The smallest absolute Gasteiger partial charge is 0.272 e. The van der Waals surface area contributed by atoms with Gasteiger partial charge in [-0.25, -0.2) is 0 Å². The summed E-state index contributed by atoms with van der Waals surface area (Å²) >= 11 is 0. The van der Waals surface area contributed by atoms with Crippen LogP contribution in [0.15, 0.2) is 0 Å². The number of aromatic nitrogens is 2. The van der Waals surface area contributed by atoms with E-state index in [2.05, 4.69) is 32.8 Å². The Hall–Kier alpha value is -1.11. The van der Waals surface area contributed by atoms with E-state index in [0.717, 1.165) is 56.8 Å². The van der Waals surface area contributed by atoms with Crippen molar-refractivity contribution in [3.05, 3.63) is 17.0 Å². The van der Waals surface area contributed by atoms with E-state index in [1.54, 1.807) is 0 Å². The van der Waals surface area contributed by atoms with Gasteiger partial charge in [0.05, 0.1) is 0 Å². The Morgan fingerprint density at radius 2 is 2.40 bits per heavy atom. The highest BCUT2D eigenvalue weighted by molar-refractivity contribution is 5.94. The highest BCUT2D eigenvalue weighted by Gasteiger charge is 2.23. The van der Waals surface area contributed by atoms with Crippen molar-refractivity contribution in [1.29, 1.82) is 0 Å². The van der Waals surface area contributed by atoms with Crippen molar-refractivity contribution < 1.29 is 4.79 Å². The number of carbonyl (C=O) groups is 1. The fourth-order valence-electron chi connectivity index (χ4n) is 2.93. The summed E-state index contributed by atoms with van der Waals surface area (Å²) in [7, 11) is 2.12. The molecule has 6 nitrogen and oxygen atoms in total. The molecule has 3 N–H and O–H groups in total. The number of amides is 1. The molecule has 1 fully saturated rings. The van der Waals surface area contributed by atoms with Crippen molar-refractivity contribution in [3.63, 3.8) is 0 Å². The van der Waals surface area contributed by atoms with Crippen LogP contribution in [0.3, 0.4) is 0 Å². The maximum Gasteiger partial charge on any atom is 0.272 e. The quantitative estimate of drug-likeness (QED) is 0.743. The lowest BCUT2D eigenvalue weighted by molar-refractivity contribution is 0.0941. The predicted octanol–water partition coefficient (Wildman–Crippen LogP) is 0.159. The maximum atomic E-state index is 12.2. The Labute approximate surface area is 125 Å². The molecule has 1 amide bonds. The number of hydrogen-bond donors (Lipinski definition) is 3. The third-order valence-corrected chi connectivity index (χ3v) is 4.06. The van der Waals surface area contributed by atoms with Crippen LogP contribution in [0.2, 0.25) is 0 Å². The van der Waals surface area contributed by atoms with Gasteiger partial charge in [-0.3, -0.25) is 9.89 Å². The van der Waals surface area contributed by atoms with Gasteiger partial charge in [-0.1, -0.05) is 0 Å². The molecule has 0 spiro atoms. The van der Waals surface area contributed by atoms with Gasteiger partial charge >= 0.3 is 0 Å². The Balaban J connectivity index is 0.00000147. The van der Waals surface area contributed by atoms with Crippen LogP contribution in [0, 0.1) is 5.92 Å². The van der Waals surface area contributed by atoms with Crippen LogP contribution < -0.4 is 10.6 Å². The van der Waals surface area contributed by atoms with E-state index in [4.69, 9.17) is 0 Å². The molecular formula is C13H22ClN5O. The second kappa shape index (κ2) is 6.56. The molecule has 1 atom stereocenters. The molecule has 3 heterocycles. The van der Waals surface area contributed by atoms with Crippen LogP contribution in [-0.4, -0.2) is 54.2 Å². The third kappa shape index (κ3) is 3.13. The van der Waals surface area contributed by atoms with E-state index in [1.807, 2.05) is 0 Å². The van der Waals surface area contributed by atoms with Crippen molar-refractivity contribution in [1.82, 2.24) is 25.7 Å². The Morgan fingerprint density at radius 3 is 3.15 bits per heavy atom. The van der Waals surface area contributed by atoms with Gasteiger partial charge in [0.2, 0.25) is 0 Å². The van der Waals surface area contributed by atoms with Crippen LogP contribution in [0.5, 0.6) is 0 Å². The lowest BCUT2D eigenvalue weighted by Gasteiger charge is -2.14. The summed E-state index contributed by atoms with van der Waals surface area (Å²) in [5.74, 6) is 0.526. The minimum absolute atomic E-state index is 0. The van der Waals surface area contributed by atoms with Gasteiger partial charge in [-0.2, -0.15) is 5.10 Å². The summed E-state index contributed by atoms with van der Waals surface area (Å²) in [5.41, 5.74) is 2.70. The van der Waals surface area contributed by atoms with Crippen molar-refractivity contribution in [2.75, 3.05) is 33.2 Å². The number of carbonyl (C=O) groups excluding carboxylic acids is 1. The number of aromatic amines is 1. The number of rotatable bonds is 3. The molecule has 112 valence electrons. The third-order valence-electron chi connectivity index (χ3n) is 4.06. The Kier molecular flexibility index (Phi) is 5.01. The van der Waals surface area contributed by atoms with Gasteiger partial charge in [0.15, 0.2) is 5.69 Å². The second-order valence-corrected chi connectivity index (χ2v) is 5.58. The zero-order valence-corrected chi connectivity index (χ0v) is 12.6. The number of nitrogens with zero attached hydrogens (tertiary/aromatic N) is 2. The van der Waals surface area contributed by atoms with E-state index in [0.29, 0.717) is 11.6 Å². The van der Waals surface area contributed by atoms with Crippen LogP contribution in [-0.2, 0) is 13.0 Å². The van der Waals surface area contributed by atoms with Crippen molar-refractivity contribution in [2.24, 2.45) is 5.92 Å². The molecule has 0 aliphatic carbocycles. The maximum absolute atomic E-state index is 12.2. The van der Waals surface area contributed by atoms with E-state index >= 15 is 0 Å². The average Bonchev–Trinajstić information content (AvgIpc) is 3.02. The first-order valence-electron chi connectivity index (χ1n) is 6.97. The van der Waals surface area contributed by atoms with Crippen LogP contribution in [0.1, 0.15) is 28.2 Å². The fraction of sp³-hybridized carbons (Fsp3) is 0.692. The minimum atomic E-state index is -0.0456. The average molecular weight is 300 g/mol. The number of fused-ring (bicyclic) bond motifs is 1. The molecule has 0 aromatic carbocycles. The molecule has 2 aliphatic heterocycles. The van der Waals surface area contributed by atoms with E-state index in [1.165, 1.54) is 0 Å². The zero-order valence-electron chi connectivity index (χ0n) is 11.7. The lowest BCUT2D eigenvalue weighted by Crippen LogP contribution is -2.32. The summed E-state index contributed by atoms with van der Waals surface area (Å²) in [5, 5.41) is 13.5. The van der Waals surface area contributed by atoms with Crippen molar-refractivity contribution >= 4 is 18.3 Å². The first-order chi connectivity index (χ1) is 9.24. The zero-order chi connectivity index (χ0) is 13.2. The standard InChI is InChI=1S/C13H21N5O.ClH/c1-18-5-3-9(8-18)6-15-13(19)12-10-7-14-4-2-11(10)16-17-12;/h9,14H,2-8H2,1H3,(H,15,19)(H,16,17);1H. The number of H-pyrrole nitrogens is 1. The summed E-state index contributed by atoms with van der Waals surface area (Å²) in [4.78, 5) is 14.5. The van der Waals surface area contributed by atoms with Crippen LogP contribution in [0.25, 0.3) is 0 Å². The number of hydrogen-bond acceptors (Lipinski definition) is 4.